The molecule has 0 bridgehead atoms. The summed E-state index contributed by atoms with van der Waals surface area (Å²) in [7, 11) is 0. The number of nitrogens with one attached hydrogen (secondary N) is 1. The second-order valence-corrected chi connectivity index (χ2v) is 9.37. The van der Waals surface area contributed by atoms with E-state index in [4.69, 9.17) is 4.74 Å². The van der Waals surface area contributed by atoms with Gasteiger partial charge in [0.15, 0.2) is 0 Å². The van der Waals surface area contributed by atoms with Crippen LogP contribution in [0.25, 0.3) is 0 Å². The highest BCUT2D eigenvalue weighted by Crippen LogP contribution is 2.41. The van der Waals surface area contributed by atoms with E-state index in [0.29, 0.717) is 6.61 Å². The van der Waals surface area contributed by atoms with Crippen molar-refractivity contribution in [2.45, 2.75) is 59.0 Å². The minimum Gasteiger partial charge on any atom is -0.491 e. The Hall–Kier alpha value is -1.84. The third-order valence-electron chi connectivity index (χ3n) is 6.15. The van der Waals surface area contributed by atoms with Crippen molar-refractivity contribution in [1.29, 1.82) is 0 Å². The fraction of sp³-hybridized carbons (Fsp3) is 0.520. The van der Waals surface area contributed by atoms with E-state index in [1.54, 1.807) is 0 Å². The van der Waals surface area contributed by atoms with Gasteiger partial charge in [-0.2, -0.15) is 0 Å². The molecular formula is C25H35NO2. The molecule has 3 nitrogen and oxygen atoms in total. The molecule has 0 aromatic heterocycles. The largest absolute Gasteiger partial charge is 0.491 e. The molecule has 3 heteroatoms. The first-order valence-electron chi connectivity index (χ1n) is 10.4. The molecular weight excluding hydrogens is 346 g/mol. The number of rotatable bonds is 5. The Morgan fingerprint density at radius 3 is 2.32 bits per heavy atom. The molecule has 0 aliphatic carbocycles. The lowest BCUT2D eigenvalue weighted by Gasteiger charge is -2.39. The SMILES string of the molecule is Cc1cccc(C2(c3ccc(OCC(O)C(C)(C)C)c(C)c3)CCNCC2)c1. The van der Waals surface area contributed by atoms with E-state index in [2.05, 4.69) is 61.6 Å². The number of hydrogen-bond donors (Lipinski definition) is 2. The van der Waals surface area contributed by atoms with E-state index in [9.17, 15) is 5.11 Å². The Morgan fingerprint density at radius 2 is 1.71 bits per heavy atom. The Morgan fingerprint density at radius 1 is 1.04 bits per heavy atom. The molecule has 0 spiro atoms. The summed E-state index contributed by atoms with van der Waals surface area (Å²) < 4.78 is 5.96. The zero-order valence-corrected chi connectivity index (χ0v) is 18.0. The van der Waals surface area contributed by atoms with Crippen LogP contribution < -0.4 is 10.1 Å². The quantitative estimate of drug-likeness (QED) is 0.785. The van der Waals surface area contributed by atoms with Gasteiger partial charge >= 0.3 is 0 Å². The van der Waals surface area contributed by atoms with E-state index >= 15 is 0 Å². The number of ether oxygens (including phenoxy) is 1. The molecule has 1 fully saturated rings. The first-order chi connectivity index (χ1) is 13.2. The van der Waals surface area contributed by atoms with Crippen LogP contribution in [0.3, 0.4) is 0 Å². The van der Waals surface area contributed by atoms with Crippen molar-refractivity contribution in [1.82, 2.24) is 5.32 Å². The molecule has 1 heterocycles. The highest BCUT2D eigenvalue weighted by molar-refractivity contribution is 5.46. The molecule has 2 aromatic rings. The van der Waals surface area contributed by atoms with E-state index in [1.807, 2.05) is 20.8 Å². The Balaban J connectivity index is 1.89. The van der Waals surface area contributed by atoms with Crippen LogP contribution in [0.15, 0.2) is 42.5 Å². The Labute approximate surface area is 170 Å². The van der Waals surface area contributed by atoms with Gasteiger partial charge in [-0.25, -0.2) is 0 Å². The topological polar surface area (TPSA) is 41.5 Å². The summed E-state index contributed by atoms with van der Waals surface area (Å²) in [6.45, 7) is 12.7. The Kier molecular flexibility index (Phi) is 6.16. The molecule has 28 heavy (non-hydrogen) atoms. The van der Waals surface area contributed by atoms with E-state index < -0.39 is 6.10 Å². The van der Waals surface area contributed by atoms with E-state index in [-0.39, 0.29) is 10.8 Å². The first-order valence-corrected chi connectivity index (χ1v) is 10.4. The van der Waals surface area contributed by atoms with Crippen molar-refractivity contribution in [3.8, 4) is 5.75 Å². The minimum atomic E-state index is -0.491. The van der Waals surface area contributed by atoms with Crippen molar-refractivity contribution >= 4 is 0 Å². The van der Waals surface area contributed by atoms with Gasteiger partial charge in [-0.3, -0.25) is 0 Å². The van der Waals surface area contributed by atoms with Gasteiger partial charge in [0.25, 0.3) is 0 Å². The van der Waals surface area contributed by atoms with Crippen LogP contribution >= 0.6 is 0 Å². The van der Waals surface area contributed by atoms with Crippen LogP contribution in [0, 0.1) is 19.3 Å². The highest BCUT2D eigenvalue weighted by atomic mass is 16.5. The average molecular weight is 382 g/mol. The molecule has 2 N–H and O–H groups in total. The number of piperidine rings is 1. The van der Waals surface area contributed by atoms with Crippen LogP contribution in [0.2, 0.25) is 0 Å². The molecule has 1 aliphatic rings. The molecule has 1 saturated heterocycles. The van der Waals surface area contributed by atoms with Gasteiger partial charge in [-0.1, -0.05) is 62.7 Å². The normalized spacial score (nSPS) is 17.9. The van der Waals surface area contributed by atoms with Crippen LogP contribution in [0.5, 0.6) is 5.75 Å². The lowest BCUT2D eigenvalue weighted by Crippen LogP contribution is -2.40. The molecule has 0 amide bonds. The molecule has 0 radical (unpaired) electrons. The summed E-state index contributed by atoms with van der Waals surface area (Å²) in [6.07, 6.45) is 1.70. The van der Waals surface area contributed by atoms with Gasteiger partial charge in [0.1, 0.15) is 12.4 Å². The van der Waals surface area contributed by atoms with Crippen molar-refractivity contribution in [2.24, 2.45) is 5.41 Å². The number of benzene rings is 2. The van der Waals surface area contributed by atoms with Crippen LogP contribution in [0.4, 0.5) is 0 Å². The number of hydrogen-bond acceptors (Lipinski definition) is 3. The van der Waals surface area contributed by atoms with Crippen LogP contribution in [0.1, 0.15) is 55.9 Å². The lowest BCUT2D eigenvalue weighted by atomic mass is 9.68. The van der Waals surface area contributed by atoms with Crippen LogP contribution in [-0.2, 0) is 5.41 Å². The van der Waals surface area contributed by atoms with E-state index in [0.717, 1.165) is 37.2 Å². The predicted octanol–water partition coefficient (Wildman–Crippen LogP) is 4.76. The predicted molar refractivity (Wildman–Crippen MR) is 116 cm³/mol. The Bertz CT molecular complexity index is 800. The molecule has 152 valence electrons. The summed E-state index contributed by atoms with van der Waals surface area (Å²) in [6, 6.07) is 15.5. The van der Waals surface area contributed by atoms with Gasteiger partial charge in [-0.05, 0) is 68.0 Å². The maximum absolute atomic E-state index is 10.3. The van der Waals surface area contributed by atoms with Crippen molar-refractivity contribution in [3.63, 3.8) is 0 Å². The molecule has 2 aromatic carbocycles. The van der Waals surface area contributed by atoms with Gasteiger partial charge in [0, 0.05) is 5.41 Å². The summed E-state index contributed by atoms with van der Waals surface area (Å²) in [4.78, 5) is 0. The fourth-order valence-electron chi connectivity index (χ4n) is 4.07. The second kappa shape index (κ2) is 8.26. The number of aryl methyl sites for hydroxylation is 2. The smallest absolute Gasteiger partial charge is 0.122 e. The van der Waals surface area contributed by atoms with Gasteiger partial charge in [0.05, 0.1) is 6.10 Å². The van der Waals surface area contributed by atoms with Gasteiger partial charge < -0.3 is 15.2 Å². The summed E-state index contributed by atoms with van der Waals surface area (Å²) in [5, 5.41) is 13.8. The third kappa shape index (κ3) is 4.42. The van der Waals surface area contributed by atoms with Gasteiger partial charge in [-0.15, -0.1) is 0 Å². The molecule has 1 aliphatic heterocycles. The molecule has 1 atom stereocenters. The maximum Gasteiger partial charge on any atom is 0.122 e. The zero-order chi connectivity index (χ0) is 20.4. The van der Waals surface area contributed by atoms with Crippen molar-refractivity contribution in [2.75, 3.05) is 19.7 Å². The first kappa shape index (κ1) is 20.9. The van der Waals surface area contributed by atoms with Gasteiger partial charge in [0.2, 0.25) is 0 Å². The van der Waals surface area contributed by atoms with Crippen LogP contribution in [-0.4, -0.2) is 30.9 Å². The minimum absolute atomic E-state index is 0.0471. The van der Waals surface area contributed by atoms with Crippen molar-refractivity contribution in [3.05, 3.63) is 64.7 Å². The lowest BCUT2D eigenvalue weighted by molar-refractivity contribution is 0.0216. The van der Waals surface area contributed by atoms with E-state index in [1.165, 1.54) is 16.7 Å². The molecule has 1 unspecified atom stereocenters. The summed E-state index contributed by atoms with van der Waals surface area (Å²) in [5.74, 6) is 0.861. The number of aliphatic hydroxyl groups excluding tert-OH is 1. The fourth-order valence-corrected chi connectivity index (χ4v) is 4.07. The third-order valence-corrected chi connectivity index (χ3v) is 6.15. The zero-order valence-electron chi connectivity index (χ0n) is 18.0. The van der Waals surface area contributed by atoms with Crippen molar-refractivity contribution < 1.29 is 9.84 Å². The average Bonchev–Trinajstić information content (AvgIpc) is 2.66. The molecule has 0 saturated carbocycles. The summed E-state index contributed by atoms with van der Waals surface area (Å²) >= 11 is 0. The molecule has 3 rings (SSSR count). The second-order valence-electron chi connectivity index (χ2n) is 9.37. The number of aliphatic hydroxyl groups is 1. The standard InChI is InChI=1S/C25H35NO2/c1-18-7-6-8-20(15-18)25(11-13-26-14-12-25)21-9-10-22(19(2)16-21)28-17-23(27)24(3,4)5/h6-10,15-16,23,26-27H,11-14,17H2,1-5H3. The summed E-state index contributed by atoms with van der Waals surface area (Å²) in [5.41, 5.74) is 5.07. The monoisotopic (exact) mass is 381 g/mol. The highest BCUT2D eigenvalue weighted by Gasteiger charge is 2.36. The maximum atomic E-state index is 10.3.